The highest BCUT2D eigenvalue weighted by atomic mass is 79.9. The molecule has 0 aliphatic carbocycles. The molecule has 0 rings (SSSR count). The molecule has 0 fully saturated rings. The molecule has 0 aromatic rings. The van der Waals surface area contributed by atoms with Gasteiger partial charge in [0.15, 0.2) is 6.29 Å². The summed E-state index contributed by atoms with van der Waals surface area (Å²) in [6, 6.07) is 0. The summed E-state index contributed by atoms with van der Waals surface area (Å²) < 4.78 is 0. The van der Waals surface area contributed by atoms with Crippen LogP contribution in [0.2, 0.25) is 0 Å². The largest absolute Gasteiger partial charge is 0.368 e. The lowest BCUT2D eigenvalue weighted by Crippen LogP contribution is -2.21. The highest BCUT2D eigenvalue weighted by molar-refractivity contribution is 9.09. The van der Waals surface area contributed by atoms with Crippen LogP contribution in [0.5, 0.6) is 0 Å². The van der Waals surface area contributed by atoms with Crippen LogP contribution >= 0.6 is 31.9 Å². The van der Waals surface area contributed by atoms with Crippen molar-refractivity contribution in [2.45, 2.75) is 6.29 Å². The standard InChI is InChI=1S/C4H8Br2O2/c5-1-3(2-6)4(7)8/h3-4,7-8H,1-2H2. The molecule has 0 saturated heterocycles. The van der Waals surface area contributed by atoms with E-state index in [-0.39, 0.29) is 5.92 Å². The Morgan fingerprint density at radius 1 is 1.12 bits per heavy atom. The molecule has 0 aromatic heterocycles. The molecule has 0 aliphatic rings. The molecule has 2 nitrogen and oxygen atoms in total. The van der Waals surface area contributed by atoms with Crippen LogP contribution in [0.3, 0.4) is 0 Å². The van der Waals surface area contributed by atoms with Crippen molar-refractivity contribution in [3.8, 4) is 0 Å². The smallest absolute Gasteiger partial charge is 0.155 e. The third-order valence-electron chi connectivity index (χ3n) is 0.818. The molecule has 0 amide bonds. The van der Waals surface area contributed by atoms with E-state index in [9.17, 15) is 0 Å². The molecule has 50 valence electrons. The van der Waals surface area contributed by atoms with Gasteiger partial charge in [-0.15, -0.1) is 0 Å². The van der Waals surface area contributed by atoms with E-state index in [4.69, 9.17) is 10.2 Å². The monoisotopic (exact) mass is 246 g/mol. The Balaban J connectivity index is 3.35. The number of alkyl halides is 2. The summed E-state index contributed by atoms with van der Waals surface area (Å²) in [6.45, 7) is 0. The van der Waals surface area contributed by atoms with Crippen molar-refractivity contribution in [2.24, 2.45) is 5.92 Å². The first-order valence-electron chi connectivity index (χ1n) is 2.20. The molecule has 8 heavy (non-hydrogen) atoms. The number of halogens is 2. The minimum atomic E-state index is -1.21. The third kappa shape index (κ3) is 3.02. The van der Waals surface area contributed by atoms with Crippen molar-refractivity contribution in [2.75, 3.05) is 10.7 Å². The summed E-state index contributed by atoms with van der Waals surface area (Å²) >= 11 is 6.25. The van der Waals surface area contributed by atoms with Crippen molar-refractivity contribution in [1.82, 2.24) is 0 Å². The van der Waals surface area contributed by atoms with Gasteiger partial charge in [-0.05, 0) is 0 Å². The summed E-state index contributed by atoms with van der Waals surface area (Å²) in [6.07, 6.45) is -1.21. The zero-order valence-corrected chi connectivity index (χ0v) is 7.39. The lowest BCUT2D eigenvalue weighted by atomic mass is 10.2. The van der Waals surface area contributed by atoms with E-state index in [1.807, 2.05) is 0 Å². The van der Waals surface area contributed by atoms with Gasteiger partial charge in [-0.1, -0.05) is 31.9 Å². The Morgan fingerprint density at radius 2 is 1.50 bits per heavy atom. The maximum atomic E-state index is 8.51. The average Bonchev–Trinajstić information content (AvgIpc) is 1.69. The normalized spacial score (nSPS) is 11.2. The highest BCUT2D eigenvalue weighted by Crippen LogP contribution is 2.08. The highest BCUT2D eigenvalue weighted by Gasteiger charge is 2.12. The first-order chi connectivity index (χ1) is 3.72. The summed E-state index contributed by atoms with van der Waals surface area (Å²) in [7, 11) is 0. The van der Waals surface area contributed by atoms with Crippen molar-refractivity contribution >= 4 is 31.9 Å². The molecular formula is C4H8Br2O2. The quantitative estimate of drug-likeness (QED) is 0.570. The number of hydrogen-bond acceptors (Lipinski definition) is 2. The van der Waals surface area contributed by atoms with Crippen LogP contribution in [0, 0.1) is 5.92 Å². The number of hydrogen-bond donors (Lipinski definition) is 2. The van der Waals surface area contributed by atoms with Gasteiger partial charge < -0.3 is 10.2 Å². The van der Waals surface area contributed by atoms with E-state index in [2.05, 4.69) is 31.9 Å². The van der Waals surface area contributed by atoms with Gasteiger partial charge in [-0.25, -0.2) is 0 Å². The Morgan fingerprint density at radius 3 is 1.50 bits per heavy atom. The molecule has 0 unspecified atom stereocenters. The predicted octanol–water partition coefficient (Wildman–Crippen LogP) is 0.703. The second-order valence-electron chi connectivity index (χ2n) is 1.48. The second kappa shape index (κ2) is 4.73. The van der Waals surface area contributed by atoms with Crippen molar-refractivity contribution in [3.63, 3.8) is 0 Å². The molecule has 0 aromatic carbocycles. The summed E-state index contributed by atoms with van der Waals surface area (Å²) in [5, 5.41) is 18.2. The van der Waals surface area contributed by atoms with Crippen LogP contribution in [-0.2, 0) is 0 Å². The number of aliphatic hydroxyl groups excluding tert-OH is 1. The molecular weight excluding hydrogens is 240 g/mol. The van der Waals surface area contributed by atoms with Crippen LogP contribution < -0.4 is 0 Å². The Bertz CT molecular complexity index is 54.0. The van der Waals surface area contributed by atoms with Gasteiger partial charge in [0.05, 0.1) is 0 Å². The second-order valence-corrected chi connectivity index (χ2v) is 2.78. The molecule has 0 radical (unpaired) electrons. The van der Waals surface area contributed by atoms with Crippen LogP contribution in [0.15, 0.2) is 0 Å². The lowest BCUT2D eigenvalue weighted by molar-refractivity contribution is -0.0697. The molecule has 4 heteroatoms. The fraction of sp³-hybridized carbons (Fsp3) is 1.00. The molecule has 0 bridgehead atoms. The minimum Gasteiger partial charge on any atom is -0.368 e. The summed E-state index contributed by atoms with van der Waals surface area (Å²) in [5.74, 6) is -0.102. The zero-order chi connectivity index (χ0) is 6.57. The molecule has 2 N–H and O–H groups in total. The minimum absolute atomic E-state index is 0.102. The fourth-order valence-corrected chi connectivity index (χ4v) is 1.94. The van der Waals surface area contributed by atoms with Gasteiger partial charge >= 0.3 is 0 Å². The zero-order valence-electron chi connectivity index (χ0n) is 4.22. The first-order valence-corrected chi connectivity index (χ1v) is 4.44. The van der Waals surface area contributed by atoms with Gasteiger partial charge in [0.1, 0.15) is 0 Å². The Kier molecular flexibility index (Phi) is 5.25. The van der Waals surface area contributed by atoms with E-state index in [0.717, 1.165) is 0 Å². The van der Waals surface area contributed by atoms with Gasteiger partial charge in [0, 0.05) is 16.6 Å². The Labute approximate surface area is 65.2 Å². The van der Waals surface area contributed by atoms with E-state index >= 15 is 0 Å². The van der Waals surface area contributed by atoms with Gasteiger partial charge in [0.2, 0.25) is 0 Å². The van der Waals surface area contributed by atoms with Crippen molar-refractivity contribution in [3.05, 3.63) is 0 Å². The third-order valence-corrected chi connectivity index (χ3v) is 2.48. The topological polar surface area (TPSA) is 40.5 Å². The van der Waals surface area contributed by atoms with E-state index in [1.54, 1.807) is 0 Å². The van der Waals surface area contributed by atoms with Gasteiger partial charge in [-0.3, -0.25) is 0 Å². The number of rotatable bonds is 3. The summed E-state index contributed by atoms with van der Waals surface area (Å²) in [4.78, 5) is 0. The van der Waals surface area contributed by atoms with Crippen molar-refractivity contribution < 1.29 is 10.2 Å². The van der Waals surface area contributed by atoms with E-state index < -0.39 is 6.29 Å². The van der Waals surface area contributed by atoms with E-state index in [1.165, 1.54) is 0 Å². The number of aliphatic hydroxyl groups is 2. The van der Waals surface area contributed by atoms with E-state index in [0.29, 0.717) is 10.7 Å². The fourth-order valence-electron chi connectivity index (χ4n) is 0.201. The average molecular weight is 248 g/mol. The molecule has 0 aliphatic heterocycles. The lowest BCUT2D eigenvalue weighted by Gasteiger charge is -2.10. The van der Waals surface area contributed by atoms with Crippen LogP contribution in [-0.4, -0.2) is 27.2 Å². The molecule has 0 atom stereocenters. The van der Waals surface area contributed by atoms with Crippen LogP contribution in [0.25, 0.3) is 0 Å². The van der Waals surface area contributed by atoms with Crippen molar-refractivity contribution in [1.29, 1.82) is 0 Å². The predicted molar refractivity (Wildman–Crippen MR) is 39.3 cm³/mol. The summed E-state index contributed by atoms with van der Waals surface area (Å²) in [5.41, 5.74) is 0. The molecule has 0 saturated carbocycles. The van der Waals surface area contributed by atoms with Gasteiger partial charge in [-0.2, -0.15) is 0 Å². The first kappa shape index (κ1) is 8.88. The van der Waals surface area contributed by atoms with Crippen LogP contribution in [0.1, 0.15) is 0 Å². The molecule has 0 heterocycles. The molecule has 0 spiro atoms. The SMILES string of the molecule is OC(O)C(CBr)CBr. The maximum absolute atomic E-state index is 8.51. The Hall–Kier alpha value is 0.880. The maximum Gasteiger partial charge on any atom is 0.155 e. The van der Waals surface area contributed by atoms with Gasteiger partial charge in [0.25, 0.3) is 0 Å². The van der Waals surface area contributed by atoms with Crippen LogP contribution in [0.4, 0.5) is 0 Å².